The zero-order valence-electron chi connectivity index (χ0n) is 19.2. The number of aromatic nitrogens is 3. The second-order valence-corrected chi connectivity index (χ2v) is 10.9. The molecule has 0 saturated carbocycles. The van der Waals surface area contributed by atoms with Crippen LogP contribution in [-0.4, -0.2) is 78.3 Å². The fourth-order valence-electron chi connectivity index (χ4n) is 4.48. The molecule has 4 heterocycles. The molecule has 0 radical (unpaired) electrons. The maximum absolute atomic E-state index is 11.8. The molecule has 2 aliphatic rings. The van der Waals surface area contributed by atoms with E-state index in [0.717, 1.165) is 22.5 Å². The third-order valence-corrected chi connectivity index (χ3v) is 7.87. The Morgan fingerprint density at radius 2 is 1.85 bits per heavy atom. The minimum atomic E-state index is -3.15. The highest BCUT2D eigenvalue weighted by Gasteiger charge is 2.29. The third kappa shape index (κ3) is 4.58. The van der Waals surface area contributed by atoms with Gasteiger partial charge in [0.1, 0.15) is 11.6 Å². The van der Waals surface area contributed by atoms with Crippen molar-refractivity contribution in [2.24, 2.45) is 5.92 Å². The average molecular weight is 485 g/mol. The first-order valence-electron chi connectivity index (χ1n) is 11.4. The minimum Gasteiger partial charge on any atom is -0.473 e. The van der Waals surface area contributed by atoms with Crippen LogP contribution in [0.5, 0.6) is 5.88 Å². The van der Waals surface area contributed by atoms with Crippen molar-refractivity contribution in [2.75, 3.05) is 43.9 Å². The van der Waals surface area contributed by atoms with Crippen molar-refractivity contribution in [2.45, 2.75) is 19.4 Å². The number of hydrogen-bond donors (Lipinski definition) is 1. The lowest BCUT2D eigenvalue weighted by atomic mass is 10.0. The van der Waals surface area contributed by atoms with Gasteiger partial charge in [-0.1, -0.05) is 12.1 Å². The van der Waals surface area contributed by atoms with Crippen molar-refractivity contribution in [1.29, 1.82) is 0 Å². The van der Waals surface area contributed by atoms with Crippen LogP contribution in [0.25, 0.3) is 16.8 Å². The summed E-state index contributed by atoms with van der Waals surface area (Å²) < 4.78 is 33.0. The number of amides is 1. The van der Waals surface area contributed by atoms with Crippen LogP contribution in [0.2, 0.25) is 0 Å². The Kier molecular flexibility index (Phi) is 5.90. The quantitative estimate of drug-likeness (QED) is 0.563. The Hall–Kier alpha value is -3.18. The van der Waals surface area contributed by atoms with Crippen LogP contribution in [0.4, 0.5) is 5.69 Å². The first kappa shape index (κ1) is 22.6. The Morgan fingerprint density at radius 1 is 1.12 bits per heavy atom. The van der Waals surface area contributed by atoms with Crippen molar-refractivity contribution < 1.29 is 17.9 Å². The lowest BCUT2D eigenvalue weighted by Crippen LogP contribution is -2.48. The summed E-state index contributed by atoms with van der Waals surface area (Å²) in [7, 11) is -3.15. The van der Waals surface area contributed by atoms with Gasteiger partial charge in [-0.2, -0.15) is 9.40 Å². The van der Waals surface area contributed by atoms with E-state index in [1.807, 2.05) is 43.5 Å². The number of hydrogen-bond acceptors (Lipinski definition) is 7. The second kappa shape index (κ2) is 8.88. The van der Waals surface area contributed by atoms with Gasteiger partial charge in [-0.25, -0.2) is 17.9 Å². The molecule has 0 aliphatic carbocycles. The number of rotatable bonds is 6. The van der Waals surface area contributed by atoms with E-state index in [2.05, 4.69) is 15.3 Å². The molecule has 0 bridgehead atoms. The standard InChI is InChI=1S/C23H28N6O4S/c1-16(18-13-22(30)24-14-18)33-23-21-7-8-25-29(21)15-20(26-23)17-3-5-19(6-4-17)27-9-11-28(12-10-27)34(2,31)32/h3-8,15-16,18H,9-14H2,1-2H3,(H,24,30)/t16-,18-/m1/s1. The van der Waals surface area contributed by atoms with Gasteiger partial charge in [-0.05, 0) is 25.1 Å². The molecule has 34 heavy (non-hydrogen) atoms. The monoisotopic (exact) mass is 484 g/mol. The Morgan fingerprint density at radius 3 is 2.50 bits per heavy atom. The van der Waals surface area contributed by atoms with Crippen molar-refractivity contribution in [3.8, 4) is 17.1 Å². The van der Waals surface area contributed by atoms with Gasteiger partial charge >= 0.3 is 0 Å². The number of benzene rings is 1. The molecule has 1 aromatic carbocycles. The highest BCUT2D eigenvalue weighted by Crippen LogP contribution is 2.28. The number of fused-ring (bicyclic) bond motifs is 1. The summed E-state index contributed by atoms with van der Waals surface area (Å²) in [4.78, 5) is 18.6. The van der Waals surface area contributed by atoms with Crippen LogP contribution >= 0.6 is 0 Å². The summed E-state index contributed by atoms with van der Waals surface area (Å²) in [6.07, 6.45) is 5.11. The predicted octanol–water partition coefficient (Wildman–Crippen LogP) is 1.38. The lowest BCUT2D eigenvalue weighted by Gasteiger charge is -2.34. The molecule has 2 fully saturated rings. The summed E-state index contributed by atoms with van der Waals surface area (Å²) in [6, 6.07) is 9.92. The van der Waals surface area contributed by atoms with E-state index in [9.17, 15) is 13.2 Å². The molecule has 2 aromatic heterocycles. The van der Waals surface area contributed by atoms with Crippen molar-refractivity contribution in [3.63, 3.8) is 0 Å². The number of sulfonamides is 1. The van der Waals surface area contributed by atoms with E-state index >= 15 is 0 Å². The summed E-state index contributed by atoms with van der Waals surface area (Å²) in [5.41, 5.74) is 3.47. The lowest BCUT2D eigenvalue weighted by molar-refractivity contribution is -0.119. The number of ether oxygens (including phenoxy) is 1. The van der Waals surface area contributed by atoms with Crippen LogP contribution in [0.1, 0.15) is 13.3 Å². The molecule has 2 saturated heterocycles. The first-order chi connectivity index (χ1) is 16.3. The molecule has 2 atom stereocenters. The van der Waals surface area contributed by atoms with Crippen molar-refractivity contribution in [3.05, 3.63) is 42.7 Å². The highest BCUT2D eigenvalue weighted by atomic mass is 32.2. The Labute approximate surface area is 198 Å². The van der Waals surface area contributed by atoms with E-state index in [1.54, 1.807) is 10.7 Å². The molecule has 5 rings (SSSR count). The first-order valence-corrected chi connectivity index (χ1v) is 13.2. The summed E-state index contributed by atoms with van der Waals surface area (Å²) in [6.45, 7) is 4.84. The van der Waals surface area contributed by atoms with Gasteiger partial charge in [-0.15, -0.1) is 0 Å². The van der Waals surface area contributed by atoms with Crippen LogP contribution < -0.4 is 15.0 Å². The fraction of sp³-hybridized carbons (Fsp3) is 0.435. The van der Waals surface area contributed by atoms with Gasteiger partial charge in [0.15, 0.2) is 0 Å². The minimum absolute atomic E-state index is 0.0504. The molecular formula is C23H28N6O4S. The SMILES string of the molecule is C[C@@H](Oc1nc(-c2ccc(N3CCN(S(C)(=O)=O)CC3)cc2)cn2nccc12)[C@H]1CNC(=O)C1. The van der Waals surface area contributed by atoms with Gasteiger partial charge in [0, 0.05) is 56.3 Å². The number of carbonyl (C=O) groups is 1. The average Bonchev–Trinajstić information content (AvgIpc) is 3.48. The number of carbonyl (C=O) groups excluding carboxylic acids is 1. The van der Waals surface area contributed by atoms with E-state index in [4.69, 9.17) is 9.72 Å². The predicted molar refractivity (Wildman–Crippen MR) is 128 cm³/mol. The molecule has 3 aromatic rings. The highest BCUT2D eigenvalue weighted by molar-refractivity contribution is 7.88. The van der Waals surface area contributed by atoms with E-state index < -0.39 is 10.0 Å². The molecule has 180 valence electrons. The number of anilines is 1. The third-order valence-electron chi connectivity index (χ3n) is 6.56. The maximum atomic E-state index is 11.8. The van der Waals surface area contributed by atoms with Gasteiger partial charge < -0.3 is 15.0 Å². The molecule has 10 nitrogen and oxygen atoms in total. The topological polar surface area (TPSA) is 109 Å². The normalized spacial score (nSPS) is 20.5. The molecular weight excluding hydrogens is 456 g/mol. The zero-order valence-corrected chi connectivity index (χ0v) is 20.0. The Bertz CT molecular complexity index is 1300. The largest absolute Gasteiger partial charge is 0.473 e. The zero-order chi connectivity index (χ0) is 23.9. The van der Waals surface area contributed by atoms with Crippen LogP contribution in [0.3, 0.4) is 0 Å². The maximum Gasteiger partial charge on any atom is 0.240 e. The fourth-order valence-corrected chi connectivity index (χ4v) is 5.30. The van der Waals surface area contributed by atoms with Crippen LogP contribution in [0.15, 0.2) is 42.7 Å². The van der Waals surface area contributed by atoms with Gasteiger partial charge in [0.2, 0.25) is 21.8 Å². The van der Waals surface area contributed by atoms with Crippen molar-refractivity contribution in [1.82, 2.24) is 24.2 Å². The van der Waals surface area contributed by atoms with Gasteiger partial charge in [0.25, 0.3) is 0 Å². The Balaban J connectivity index is 1.35. The summed E-state index contributed by atoms with van der Waals surface area (Å²) >= 11 is 0. The summed E-state index contributed by atoms with van der Waals surface area (Å²) in [5, 5.41) is 7.22. The smallest absolute Gasteiger partial charge is 0.240 e. The van der Waals surface area contributed by atoms with E-state index in [-0.39, 0.29) is 17.9 Å². The summed E-state index contributed by atoms with van der Waals surface area (Å²) in [5.74, 6) is 0.640. The van der Waals surface area contributed by atoms with E-state index in [0.29, 0.717) is 45.0 Å². The molecule has 2 aliphatic heterocycles. The second-order valence-electron chi connectivity index (χ2n) is 8.88. The van der Waals surface area contributed by atoms with Crippen LogP contribution in [0, 0.1) is 5.92 Å². The van der Waals surface area contributed by atoms with Crippen LogP contribution in [-0.2, 0) is 14.8 Å². The number of nitrogens with one attached hydrogen (secondary N) is 1. The number of nitrogens with zero attached hydrogens (tertiary/aromatic N) is 5. The molecule has 1 amide bonds. The van der Waals surface area contributed by atoms with Crippen molar-refractivity contribution >= 4 is 27.1 Å². The van der Waals surface area contributed by atoms with Gasteiger partial charge in [-0.3, -0.25) is 4.79 Å². The molecule has 0 unspecified atom stereocenters. The molecule has 1 N–H and O–H groups in total. The molecule has 11 heteroatoms. The number of piperazine rings is 1. The molecule has 0 spiro atoms. The van der Waals surface area contributed by atoms with E-state index in [1.165, 1.54) is 10.6 Å². The van der Waals surface area contributed by atoms with Gasteiger partial charge in [0.05, 0.1) is 24.3 Å².